The summed E-state index contributed by atoms with van der Waals surface area (Å²) >= 11 is 0. The Morgan fingerprint density at radius 2 is 1.97 bits per heavy atom. The van der Waals surface area contributed by atoms with Gasteiger partial charge in [-0.2, -0.15) is 4.31 Å². The van der Waals surface area contributed by atoms with E-state index in [1.807, 2.05) is 13.1 Å². The number of hydrazone groups is 1. The van der Waals surface area contributed by atoms with Crippen molar-refractivity contribution in [3.63, 3.8) is 0 Å². The topological polar surface area (TPSA) is 99.3 Å². The highest BCUT2D eigenvalue weighted by molar-refractivity contribution is 7.89. The first-order valence-corrected chi connectivity index (χ1v) is 13.7. The van der Waals surface area contributed by atoms with Gasteiger partial charge in [0.15, 0.2) is 6.21 Å². The van der Waals surface area contributed by atoms with Crippen molar-refractivity contribution in [1.82, 2.24) is 4.31 Å². The third kappa shape index (κ3) is 4.55. The molecule has 0 aromatic heterocycles. The molecule has 2 aliphatic heterocycles. The zero-order chi connectivity index (χ0) is 25.4. The molecule has 1 atom stereocenters. The molecular formula is C26H29FN3O5S+. The fourth-order valence-electron chi connectivity index (χ4n) is 5.08. The molecule has 0 spiro atoms. The van der Waals surface area contributed by atoms with Gasteiger partial charge in [0.2, 0.25) is 10.0 Å². The molecule has 1 saturated heterocycles. The highest BCUT2D eigenvalue weighted by Gasteiger charge is 2.40. The lowest BCUT2D eigenvalue weighted by Crippen LogP contribution is -2.29. The van der Waals surface area contributed by atoms with E-state index < -0.39 is 16.0 Å². The van der Waals surface area contributed by atoms with Crippen LogP contribution in [0.3, 0.4) is 0 Å². The molecule has 10 heteroatoms. The maximum Gasteiger partial charge on any atom is 0.309 e. The van der Waals surface area contributed by atoms with Gasteiger partial charge in [0, 0.05) is 18.2 Å². The lowest BCUT2D eigenvalue weighted by molar-refractivity contribution is -0.439. The number of fused-ring (bicyclic) bond motifs is 1. The van der Waals surface area contributed by atoms with Crippen LogP contribution in [-0.2, 0) is 14.8 Å². The van der Waals surface area contributed by atoms with Crippen molar-refractivity contribution < 1.29 is 32.1 Å². The van der Waals surface area contributed by atoms with Crippen LogP contribution in [0.25, 0.3) is 0 Å². The number of halogens is 1. The fourth-order valence-corrected chi connectivity index (χ4v) is 6.59. The average Bonchev–Trinajstić information content (AvgIpc) is 3.40. The summed E-state index contributed by atoms with van der Waals surface area (Å²) in [4.78, 5) is 11.7. The van der Waals surface area contributed by atoms with Gasteiger partial charge < -0.3 is 9.84 Å². The van der Waals surface area contributed by atoms with Crippen LogP contribution >= 0.6 is 0 Å². The minimum Gasteiger partial charge on any atom is -0.494 e. The summed E-state index contributed by atoms with van der Waals surface area (Å²) in [6.45, 7) is 2.97. The summed E-state index contributed by atoms with van der Waals surface area (Å²) in [5.74, 6) is -0.781. The Bertz CT molecular complexity index is 1350. The number of hydrogen-bond donors (Lipinski definition) is 1. The molecule has 190 valence electrons. The van der Waals surface area contributed by atoms with Crippen molar-refractivity contribution in [3.05, 3.63) is 53.3 Å². The average molecular weight is 515 g/mol. The van der Waals surface area contributed by atoms with Gasteiger partial charge in [-0.05, 0) is 68.5 Å². The van der Waals surface area contributed by atoms with Gasteiger partial charge in [-0.25, -0.2) is 12.8 Å². The van der Waals surface area contributed by atoms with Crippen LogP contribution in [0.1, 0.15) is 56.1 Å². The minimum absolute atomic E-state index is 0.0790. The number of hydrogen-bond acceptors (Lipinski definition) is 5. The van der Waals surface area contributed by atoms with Crippen LogP contribution in [0, 0.1) is 11.7 Å². The molecule has 1 aliphatic carbocycles. The van der Waals surface area contributed by atoms with Crippen molar-refractivity contribution in [3.8, 4) is 5.75 Å². The Labute approximate surface area is 209 Å². The van der Waals surface area contributed by atoms with E-state index in [1.165, 1.54) is 10.4 Å². The Morgan fingerprint density at radius 1 is 1.22 bits per heavy atom. The molecule has 1 N–H and O–H groups in total. The van der Waals surface area contributed by atoms with Crippen LogP contribution in [0.5, 0.6) is 5.75 Å². The van der Waals surface area contributed by atoms with Crippen LogP contribution in [0.4, 0.5) is 10.1 Å². The van der Waals surface area contributed by atoms with E-state index in [1.54, 1.807) is 35.0 Å². The van der Waals surface area contributed by atoms with Gasteiger partial charge in [-0.3, -0.25) is 4.79 Å². The highest BCUT2D eigenvalue weighted by Crippen LogP contribution is 2.45. The summed E-state index contributed by atoms with van der Waals surface area (Å²) in [7, 11) is -3.68. The van der Waals surface area contributed by atoms with Gasteiger partial charge in [0.1, 0.15) is 17.3 Å². The van der Waals surface area contributed by atoms with E-state index in [0.29, 0.717) is 47.8 Å². The number of rotatable bonds is 8. The molecule has 5 rings (SSSR count). The van der Waals surface area contributed by atoms with E-state index in [4.69, 9.17) is 4.74 Å². The summed E-state index contributed by atoms with van der Waals surface area (Å²) in [5.41, 5.74) is 2.19. The summed E-state index contributed by atoms with van der Waals surface area (Å²) in [6.07, 6.45) is 4.93. The van der Waals surface area contributed by atoms with Crippen LogP contribution in [0.2, 0.25) is 0 Å². The molecule has 2 heterocycles. The van der Waals surface area contributed by atoms with Crippen molar-refractivity contribution in [2.45, 2.75) is 49.8 Å². The predicted molar refractivity (Wildman–Crippen MR) is 132 cm³/mol. The number of sulfonamides is 1. The lowest BCUT2D eigenvalue weighted by atomic mass is 9.78. The Hall–Kier alpha value is -3.11. The Balaban J connectivity index is 1.43. The number of carboxylic acid groups (broad SMARTS) is 1. The summed E-state index contributed by atoms with van der Waals surface area (Å²) in [5, 5.41) is 13.9. The molecule has 2 aromatic rings. The molecule has 3 aliphatic rings. The first-order valence-electron chi connectivity index (χ1n) is 12.3. The zero-order valence-corrected chi connectivity index (χ0v) is 20.9. The second-order valence-electron chi connectivity index (χ2n) is 9.41. The largest absolute Gasteiger partial charge is 0.494 e. The van der Waals surface area contributed by atoms with E-state index in [0.717, 1.165) is 19.3 Å². The number of benzene rings is 2. The first-order chi connectivity index (χ1) is 17.3. The summed E-state index contributed by atoms with van der Waals surface area (Å²) in [6, 6.07) is 9.38. The smallest absolute Gasteiger partial charge is 0.309 e. The number of carboxylic acids is 1. The highest BCUT2D eigenvalue weighted by atomic mass is 32.2. The molecule has 1 unspecified atom stereocenters. The van der Waals surface area contributed by atoms with Crippen LogP contribution in [-0.4, -0.2) is 60.1 Å². The normalized spacial score (nSPS) is 21.3. The quantitative estimate of drug-likeness (QED) is 0.535. The monoisotopic (exact) mass is 514 g/mol. The molecule has 1 saturated carbocycles. The fraction of sp³-hybridized carbons (Fsp3) is 0.423. The van der Waals surface area contributed by atoms with Gasteiger partial charge in [-0.15, -0.1) is 0 Å². The SMILES string of the molecule is CCOc1ccc(S(=O)(=O)N2CCC(/C=[N+]3/N=C(CC(=O)O)c4ccc(F)c(C5CCC5)c43)C2)cc1. The molecule has 2 fully saturated rings. The van der Waals surface area contributed by atoms with Crippen LogP contribution in [0.15, 0.2) is 46.4 Å². The van der Waals surface area contributed by atoms with Crippen molar-refractivity contribution in [2.24, 2.45) is 11.0 Å². The standard InChI is InChI=1S/C26H28FN3O5S/c1-2-35-19-6-8-20(9-7-19)36(33,34)29-13-12-17(15-29)16-30-26-21(23(28-30)14-24(31)32)10-11-22(27)25(26)18-4-3-5-18/h6-11,16-18H,2-5,12-15H2,1H3/p+1/b30-16+. The number of carbonyl (C=O) groups is 1. The van der Waals surface area contributed by atoms with Gasteiger partial charge in [0.05, 0.1) is 35.0 Å². The lowest BCUT2D eigenvalue weighted by Gasteiger charge is -2.26. The Morgan fingerprint density at radius 3 is 2.61 bits per heavy atom. The van der Waals surface area contributed by atoms with E-state index in [9.17, 15) is 22.7 Å². The third-order valence-electron chi connectivity index (χ3n) is 7.08. The van der Waals surface area contributed by atoms with Crippen molar-refractivity contribution >= 4 is 33.6 Å². The van der Waals surface area contributed by atoms with Gasteiger partial charge in [0.25, 0.3) is 5.69 Å². The second kappa shape index (κ2) is 9.74. The van der Waals surface area contributed by atoms with Crippen molar-refractivity contribution in [1.29, 1.82) is 0 Å². The number of aliphatic carboxylic acids is 1. The molecule has 0 bridgehead atoms. The number of nitrogens with zero attached hydrogens (tertiary/aromatic N) is 3. The van der Waals surface area contributed by atoms with Crippen LogP contribution < -0.4 is 4.74 Å². The van der Waals surface area contributed by atoms with Crippen molar-refractivity contribution in [2.75, 3.05) is 19.7 Å². The second-order valence-corrected chi connectivity index (χ2v) is 11.4. The maximum atomic E-state index is 15.0. The van der Waals surface area contributed by atoms with Gasteiger partial charge >= 0.3 is 5.97 Å². The molecule has 36 heavy (non-hydrogen) atoms. The van der Waals surface area contributed by atoms with E-state index in [2.05, 4.69) is 5.10 Å². The molecule has 8 nitrogen and oxygen atoms in total. The summed E-state index contributed by atoms with van der Waals surface area (Å²) < 4.78 is 49.8. The van der Waals surface area contributed by atoms with Gasteiger partial charge in [-0.1, -0.05) is 11.1 Å². The predicted octanol–water partition coefficient (Wildman–Crippen LogP) is 4.11. The molecule has 0 radical (unpaired) electrons. The number of ether oxygens (including phenoxy) is 1. The minimum atomic E-state index is -3.68. The Kier molecular flexibility index (Phi) is 6.65. The zero-order valence-electron chi connectivity index (χ0n) is 20.1. The van der Waals surface area contributed by atoms with E-state index in [-0.39, 0.29) is 35.5 Å². The van der Waals surface area contributed by atoms with E-state index >= 15 is 0 Å². The first kappa shape index (κ1) is 24.6. The molecular weight excluding hydrogens is 485 g/mol. The third-order valence-corrected chi connectivity index (χ3v) is 8.96. The molecule has 2 aromatic carbocycles. The maximum absolute atomic E-state index is 15.0. The molecule has 0 amide bonds.